The van der Waals surface area contributed by atoms with E-state index in [-0.39, 0.29) is 11.7 Å². The Morgan fingerprint density at radius 2 is 2.00 bits per heavy atom. The second-order valence-electron chi connectivity index (χ2n) is 7.18. The molecule has 1 aromatic heterocycles. The van der Waals surface area contributed by atoms with Crippen LogP contribution in [0.15, 0.2) is 47.6 Å². The Kier molecular flexibility index (Phi) is 7.55. The van der Waals surface area contributed by atoms with E-state index in [1.807, 2.05) is 34.9 Å². The average molecular weight is 456 g/mol. The molecule has 1 N–H and O–H groups in total. The van der Waals surface area contributed by atoms with Crippen LogP contribution in [0.5, 0.6) is 5.75 Å². The zero-order valence-electron chi connectivity index (χ0n) is 17.4. The van der Waals surface area contributed by atoms with Gasteiger partial charge < -0.3 is 14.6 Å². The summed E-state index contributed by atoms with van der Waals surface area (Å²) in [7, 11) is 1.63. The van der Waals surface area contributed by atoms with Crippen molar-refractivity contribution in [1.29, 1.82) is 5.26 Å². The van der Waals surface area contributed by atoms with Crippen LogP contribution in [0.25, 0.3) is 11.4 Å². The van der Waals surface area contributed by atoms with Crippen molar-refractivity contribution in [3.05, 3.63) is 53.1 Å². The number of benzene rings is 2. The van der Waals surface area contributed by atoms with Gasteiger partial charge in [-0.25, -0.2) is 0 Å². The van der Waals surface area contributed by atoms with Crippen molar-refractivity contribution in [3.63, 3.8) is 0 Å². The molecule has 31 heavy (non-hydrogen) atoms. The molecule has 0 aliphatic rings. The lowest BCUT2D eigenvalue weighted by Gasteiger charge is -2.13. The standard InChI is InChI=1S/C22H22ClN5O2S/c1-14(2)12-28-21(15-5-8-18(30-3)9-6-15)26-27-22(28)31-13-20(29)25-17-7-4-16(11-24)19(23)10-17/h4-10,14H,12-13H2,1-3H3,(H,25,29). The molecule has 3 rings (SSSR count). The van der Waals surface area contributed by atoms with Gasteiger partial charge in [-0.2, -0.15) is 5.26 Å². The minimum Gasteiger partial charge on any atom is -0.497 e. The van der Waals surface area contributed by atoms with E-state index in [4.69, 9.17) is 21.6 Å². The highest BCUT2D eigenvalue weighted by molar-refractivity contribution is 7.99. The number of anilines is 1. The molecule has 2 aromatic carbocycles. The molecule has 0 fully saturated rings. The van der Waals surface area contributed by atoms with E-state index in [2.05, 4.69) is 29.4 Å². The summed E-state index contributed by atoms with van der Waals surface area (Å²) in [4.78, 5) is 12.4. The van der Waals surface area contributed by atoms with Gasteiger partial charge in [0.05, 0.1) is 23.4 Å². The van der Waals surface area contributed by atoms with Crippen molar-refractivity contribution in [2.75, 3.05) is 18.2 Å². The van der Waals surface area contributed by atoms with Crippen molar-refractivity contribution >= 4 is 35.0 Å². The number of nitrogens with one attached hydrogen (secondary N) is 1. The first kappa shape index (κ1) is 22.7. The molecule has 0 unspecified atom stereocenters. The van der Waals surface area contributed by atoms with E-state index >= 15 is 0 Å². The fourth-order valence-corrected chi connectivity index (χ4v) is 3.86. The molecule has 0 aliphatic carbocycles. The molecule has 0 saturated carbocycles. The van der Waals surface area contributed by atoms with Crippen molar-refractivity contribution in [1.82, 2.24) is 14.8 Å². The minimum atomic E-state index is -0.198. The van der Waals surface area contributed by atoms with Crippen LogP contribution in [0.4, 0.5) is 5.69 Å². The first-order chi connectivity index (χ1) is 14.9. The number of hydrogen-bond donors (Lipinski definition) is 1. The zero-order chi connectivity index (χ0) is 22.4. The van der Waals surface area contributed by atoms with Gasteiger partial charge in [0.25, 0.3) is 0 Å². The second-order valence-corrected chi connectivity index (χ2v) is 8.53. The van der Waals surface area contributed by atoms with Crippen molar-refractivity contribution < 1.29 is 9.53 Å². The van der Waals surface area contributed by atoms with Crippen LogP contribution in [0.1, 0.15) is 19.4 Å². The highest BCUT2D eigenvalue weighted by Gasteiger charge is 2.17. The molecule has 160 valence electrons. The normalized spacial score (nSPS) is 10.7. The molecule has 1 amide bonds. The van der Waals surface area contributed by atoms with Crippen molar-refractivity contribution in [3.8, 4) is 23.2 Å². The summed E-state index contributed by atoms with van der Waals surface area (Å²) >= 11 is 7.35. The molecule has 1 heterocycles. The van der Waals surface area contributed by atoms with E-state index in [0.29, 0.717) is 27.3 Å². The molecule has 0 saturated heterocycles. The van der Waals surface area contributed by atoms with Gasteiger partial charge in [0.2, 0.25) is 5.91 Å². The Balaban J connectivity index is 1.73. The molecule has 7 nitrogen and oxygen atoms in total. The van der Waals surface area contributed by atoms with Crippen LogP contribution < -0.4 is 10.1 Å². The van der Waals surface area contributed by atoms with Gasteiger partial charge in [0.1, 0.15) is 11.8 Å². The summed E-state index contributed by atoms with van der Waals surface area (Å²) < 4.78 is 7.25. The van der Waals surface area contributed by atoms with Gasteiger partial charge >= 0.3 is 0 Å². The number of ether oxygens (including phenoxy) is 1. The molecule has 0 bridgehead atoms. The largest absolute Gasteiger partial charge is 0.497 e. The fourth-order valence-electron chi connectivity index (χ4n) is 2.89. The molecular formula is C22H22ClN5O2S. The quantitative estimate of drug-likeness (QED) is 0.487. The summed E-state index contributed by atoms with van der Waals surface area (Å²) in [5.41, 5.74) is 1.83. The van der Waals surface area contributed by atoms with E-state index in [1.54, 1.807) is 25.3 Å². The number of hydrogen-bond acceptors (Lipinski definition) is 6. The fraction of sp³-hybridized carbons (Fsp3) is 0.273. The Morgan fingerprint density at radius 3 is 2.61 bits per heavy atom. The SMILES string of the molecule is COc1ccc(-c2nnc(SCC(=O)Nc3ccc(C#N)c(Cl)c3)n2CC(C)C)cc1. The number of nitrogens with zero attached hydrogens (tertiary/aromatic N) is 4. The highest BCUT2D eigenvalue weighted by atomic mass is 35.5. The maximum absolute atomic E-state index is 12.4. The lowest BCUT2D eigenvalue weighted by atomic mass is 10.2. The topological polar surface area (TPSA) is 92.8 Å². The number of aromatic nitrogens is 3. The molecule has 0 spiro atoms. The van der Waals surface area contributed by atoms with Gasteiger partial charge in [-0.3, -0.25) is 4.79 Å². The van der Waals surface area contributed by atoms with Crippen LogP contribution in [0, 0.1) is 17.2 Å². The molecule has 9 heteroatoms. The van der Waals surface area contributed by atoms with Gasteiger partial charge in [-0.15, -0.1) is 10.2 Å². The number of halogens is 1. The summed E-state index contributed by atoms with van der Waals surface area (Å²) in [5.74, 6) is 1.86. The number of carbonyl (C=O) groups excluding carboxylic acids is 1. The summed E-state index contributed by atoms with van der Waals surface area (Å²) in [6, 6.07) is 14.4. The molecular weight excluding hydrogens is 434 g/mol. The third-order valence-corrected chi connectivity index (χ3v) is 5.60. The van der Waals surface area contributed by atoms with E-state index in [1.165, 1.54) is 11.8 Å². The Bertz CT molecular complexity index is 1110. The number of nitriles is 1. The number of carbonyl (C=O) groups is 1. The predicted molar refractivity (Wildman–Crippen MR) is 122 cm³/mol. The summed E-state index contributed by atoms with van der Waals surface area (Å²) in [5, 5.41) is 21.4. The van der Waals surface area contributed by atoms with Gasteiger partial charge in [-0.1, -0.05) is 37.2 Å². The maximum Gasteiger partial charge on any atom is 0.234 e. The number of rotatable bonds is 8. The van der Waals surface area contributed by atoms with Crippen molar-refractivity contribution in [2.45, 2.75) is 25.5 Å². The average Bonchev–Trinajstić information content (AvgIpc) is 3.14. The molecule has 3 aromatic rings. The smallest absolute Gasteiger partial charge is 0.234 e. The molecule has 0 radical (unpaired) electrons. The van der Waals surface area contributed by atoms with E-state index in [9.17, 15) is 4.79 Å². The third kappa shape index (κ3) is 5.78. The van der Waals surface area contributed by atoms with Crippen molar-refractivity contribution in [2.24, 2.45) is 5.92 Å². The van der Waals surface area contributed by atoms with Crippen LogP contribution in [-0.4, -0.2) is 33.5 Å². The monoisotopic (exact) mass is 455 g/mol. The van der Waals surface area contributed by atoms with E-state index in [0.717, 1.165) is 23.7 Å². The molecule has 0 atom stereocenters. The van der Waals surface area contributed by atoms with Crippen LogP contribution in [0.3, 0.4) is 0 Å². The number of methoxy groups -OCH3 is 1. The Labute approximate surface area is 190 Å². The molecule has 0 aliphatic heterocycles. The van der Waals surface area contributed by atoms with Crippen LogP contribution >= 0.6 is 23.4 Å². The highest BCUT2D eigenvalue weighted by Crippen LogP contribution is 2.27. The Hall–Kier alpha value is -3.02. The predicted octanol–water partition coefficient (Wildman–Crippen LogP) is 4.87. The van der Waals surface area contributed by atoms with Gasteiger partial charge in [0, 0.05) is 17.8 Å². The summed E-state index contributed by atoms with van der Waals surface area (Å²) in [6.07, 6.45) is 0. The van der Waals surface area contributed by atoms with Crippen LogP contribution in [-0.2, 0) is 11.3 Å². The van der Waals surface area contributed by atoms with E-state index < -0.39 is 0 Å². The summed E-state index contributed by atoms with van der Waals surface area (Å²) in [6.45, 7) is 4.96. The lowest BCUT2D eigenvalue weighted by molar-refractivity contribution is -0.113. The first-order valence-corrected chi connectivity index (χ1v) is 11.0. The Morgan fingerprint density at radius 1 is 1.26 bits per heavy atom. The number of amides is 1. The first-order valence-electron chi connectivity index (χ1n) is 9.61. The zero-order valence-corrected chi connectivity index (χ0v) is 19.0. The maximum atomic E-state index is 12.4. The van der Waals surface area contributed by atoms with Crippen LogP contribution in [0.2, 0.25) is 5.02 Å². The van der Waals surface area contributed by atoms with Gasteiger partial charge in [-0.05, 0) is 48.4 Å². The minimum absolute atomic E-state index is 0.163. The number of thioether (sulfide) groups is 1. The van der Waals surface area contributed by atoms with Gasteiger partial charge in [0.15, 0.2) is 11.0 Å². The lowest BCUT2D eigenvalue weighted by Crippen LogP contribution is -2.15. The third-order valence-electron chi connectivity index (χ3n) is 4.32. The second kappa shape index (κ2) is 10.3.